The van der Waals surface area contributed by atoms with Gasteiger partial charge in [0.25, 0.3) is 0 Å². The highest BCUT2D eigenvalue weighted by atomic mass is 16.5. The van der Waals surface area contributed by atoms with Gasteiger partial charge in [0.2, 0.25) is 0 Å². The van der Waals surface area contributed by atoms with Crippen molar-refractivity contribution < 1.29 is 4.74 Å². The lowest BCUT2D eigenvalue weighted by Gasteiger charge is -2.27. The van der Waals surface area contributed by atoms with Crippen molar-refractivity contribution in [2.75, 3.05) is 33.3 Å². The van der Waals surface area contributed by atoms with Crippen molar-refractivity contribution in [3.05, 3.63) is 0 Å². The highest BCUT2D eigenvalue weighted by Crippen LogP contribution is 2.14. The molecule has 1 fully saturated rings. The quantitative estimate of drug-likeness (QED) is 0.660. The molecule has 0 saturated carbocycles. The van der Waals surface area contributed by atoms with E-state index in [1.807, 2.05) is 0 Å². The molecule has 0 bridgehead atoms. The number of rotatable bonds is 8. The van der Waals surface area contributed by atoms with Gasteiger partial charge in [-0.05, 0) is 52.2 Å². The molecule has 1 saturated heterocycles. The third kappa shape index (κ3) is 6.39. The summed E-state index contributed by atoms with van der Waals surface area (Å²) in [4.78, 5) is 2.44. The van der Waals surface area contributed by atoms with E-state index in [1.165, 1.54) is 19.3 Å². The highest BCUT2D eigenvalue weighted by Gasteiger charge is 2.19. The van der Waals surface area contributed by atoms with Crippen molar-refractivity contribution >= 4 is 0 Å². The standard InChI is InChI=1S/C14H30N2O/c1-12(2)10-15-8-7-13(3)16(4)11-14-6-5-9-17-14/h12-15H,5-11H2,1-4H3. The second kappa shape index (κ2) is 8.06. The molecule has 17 heavy (non-hydrogen) atoms. The van der Waals surface area contributed by atoms with Gasteiger partial charge in [-0.1, -0.05) is 13.8 Å². The van der Waals surface area contributed by atoms with E-state index in [4.69, 9.17) is 4.74 Å². The molecule has 102 valence electrons. The fourth-order valence-corrected chi connectivity index (χ4v) is 2.21. The van der Waals surface area contributed by atoms with Crippen LogP contribution in [-0.4, -0.2) is 50.3 Å². The summed E-state index contributed by atoms with van der Waals surface area (Å²) in [7, 11) is 2.22. The summed E-state index contributed by atoms with van der Waals surface area (Å²) in [5.74, 6) is 0.745. The van der Waals surface area contributed by atoms with E-state index in [0.29, 0.717) is 12.1 Å². The normalized spacial score (nSPS) is 22.6. The Morgan fingerprint density at radius 2 is 2.12 bits per heavy atom. The molecule has 3 heteroatoms. The van der Waals surface area contributed by atoms with Crippen LogP contribution in [0.2, 0.25) is 0 Å². The minimum absolute atomic E-state index is 0.478. The summed E-state index contributed by atoms with van der Waals surface area (Å²) in [6.45, 7) is 11.1. The van der Waals surface area contributed by atoms with Gasteiger partial charge >= 0.3 is 0 Å². The van der Waals surface area contributed by atoms with Gasteiger partial charge in [-0.15, -0.1) is 0 Å². The summed E-state index contributed by atoms with van der Waals surface area (Å²) in [6, 6.07) is 0.638. The number of hydrogen-bond donors (Lipinski definition) is 1. The minimum Gasteiger partial charge on any atom is -0.377 e. The Bertz CT molecular complexity index is 191. The van der Waals surface area contributed by atoms with Gasteiger partial charge in [-0.2, -0.15) is 0 Å². The van der Waals surface area contributed by atoms with Crippen LogP contribution in [0, 0.1) is 5.92 Å². The number of nitrogens with zero attached hydrogens (tertiary/aromatic N) is 1. The molecule has 2 atom stereocenters. The first-order valence-electron chi connectivity index (χ1n) is 7.12. The van der Waals surface area contributed by atoms with Gasteiger partial charge < -0.3 is 15.0 Å². The maximum Gasteiger partial charge on any atom is 0.0702 e. The van der Waals surface area contributed by atoms with Crippen LogP contribution in [0.3, 0.4) is 0 Å². The Hall–Kier alpha value is -0.120. The highest BCUT2D eigenvalue weighted by molar-refractivity contribution is 4.72. The van der Waals surface area contributed by atoms with Crippen LogP contribution in [0.5, 0.6) is 0 Å². The molecule has 1 aliphatic rings. The van der Waals surface area contributed by atoms with Gasteiger partial charge in [0.05, 0.1) is 6.10 Å². The molecule has 1 heterocycles. The molecule has 0 amide bonds. The molecule has 1 N–H and O–H groups in total. The van der Waals surface area contributed by atoms with Crippen molar-refractivity contribution in [3.8, 4) is 0 Å². The fraction of sp³-hybridized carbons (Fsp3) is 1.00. The molecular formula is C14H30N2O. The van der Waals surface area contributed by atoms with Crippen molar-refractivity contribution in [3.63, 3.8) is 0 Å². The molecule has 1 aliphatic heterocycles. The van der Waals surface area contributed by atoms with E-state index in [2.05, 4.69) is 38.0 Å². The Morgan fingerprint density at radius 3 is 2.71 bits per heavy atom. The number of nitrogens with one attached hydrogen (secondary N) is 1. The van der Waals surface area contributed by atoms with Gasteiger partial charge in [-0.3, -0.25) is 0 Å². The lowest BCUT2D eigenvalue weighted by Crippen LogP contribution is -2.37. The maximum absolute atomic E-state index is 5.67. The van der Waals surface area contributed by atoms with E-state index in [0.717, 1.165) is 32.2 Å². The zero-order chi connectivity index (χ0) is 12.7. The predicted octanol–water partition coefficient (Wildman–Crippen LogP) is 2.12. The van der Waals surface area contributed by atoms with Gasteiger partial charge in [0.15, 0.2) is 0 Å². The lowest BCUT2D eigenvalue weighted by molar-refractivity contribution is 0.0692. The molecule has 1 rings (SSSR count). The number of likely N-dealkylation sites (N-methyl/N-ethyl adjacent to an activating group) is 1. The Labute approximate surface area is 107 Å². The third-order valence-corrected chi connectivity index (χ3v) is 3.56. The van der Waals surface area contributed by atoms with Crippen molar-refractivity contribution in [2.45, 2.75) is 52.2 Å². The summed E-state index contributed by atoms with van der Waals surface area (Å²) < 4.78 is 5.67. The van der Waals surface area contributed by atoms with Crippen LogP contribution >= 0.6 is 0 Å². The Kier molecular flexibility index (Phi) is 7.09. The maximum atomic E-state index is 5.67. The summed E-state index contributed by atoms with van der Waals surface area (Å²) >= 11 is 0. The molecule has 0 aromatic heterocycles. The van der Waals surface area contributed by atoms with E-state index in [-0.39, 0.29) is 0 Å². The minimum atomic E-state index is 0.478. The van der Waals surface area contributed by atoms with Crippen LogP contribution in [0.15, 0.2) is 0 Å². The lowest BCUT2D eigenvalue weighted by atomic mass is 10.1. The van der Waals surface area contributed by atoms with Crippen LogP contribution < -0.4 is 5.32 Å². The summed E-state index contributed by atoms with van der Waals surface area (Å²) in [5.41, 5.74) is 0. The van der Waals surface area contributed by atoms with Crippen molar-refractivity contribution in [1.29, 1.82) is 0 Å². The monoisotopic (exact) mass is 242 g/mol. The molecule has 0 aliphatic carbocycles. The second-order valence-electron chi connectivity index (χ2n) is 5.81. The molecule has 0 radical (unpaired) electrons. The second-order valence-corrected chi connectivity index (χ2v) is 5.81. The SMILES string of the molecule is CC(C)CNCCC(C)N(C)CC1CCCO1. The van der Waals surface area contributed by atoms with Crippen LogP contribution in [-0.2, 0) is 4.74 Å². The predicted molar refractivity (Wildman–Crippen MR) is 73.4 cm³/mol. The van der Waals surface area contributed by atoms with E-state index < -0.39 is 0 Å². The molecular weight excluding hydrogens is 212 g/mol. The van der Waals surface area contributed by atoms with Crippen LogP contribution in [0.1, 0.15) is 40.0 Å². The third-order valence-electron chi connectivity index (χ3n) is 3.56. The molecule has 2 unspecified atom stereocenters. The molecule has 0 spiro atoms. The van der Waals surface area contributed by atoms with Gasteiger partial charge in [-0.25, -0.2) is 0 Å². The van der Waals surface area contributed by atoms with E-state index in [9.17, 15) is 0 Å². The smallest absolute Gasteiger partial charge is 0.0702 e. The first-order chi connectivity index (χ1) is 8.09. The van der Waals surface area contributed by atoms with Gasteiger partial charge in [0.1, 0.15) is 0 Å². The van der Waals surface area contributed by atoms with Crippen molar-refractivity contribution in [2.24, 2.45) is 5.92 Å². The number of ether oxygens (including phenoxy) is 1. The first-order valence-corrected chi connectivity index (χ1v) is 7.12. The fourth-order valence-electron chi connectivity index (χ4n) is 2.21. The van der Waals surface area contributed by atoms with Crippen LogP contribution in [0.25, 0.3) is 0 Å². The zero-order valence-corrected chi connectivity index (χ0v) is 12.0. The van der Waals surface area contributed by atoms with Gasteiger partial charge in [0, 0.05) is 19.2 Å². The largest absolute Gasteiger partial charge is 0.377 e. The summed E-state index contributed by atoms with van der Waals surface area (Å²) in [6.07, 6.45) is 4.17. The molecule has 3 nitrogen and oxygen atoms in total. The summed E-state index contributed by atoms with van der Waals surface area (Å²) in [5, 5.41) is 3.51. The van der Waals surface area contributed by atoms with Crippen molar-refractivity contribution in [1.82, 2.24) is 10.2 Å². The van der Waals surface area contributed by atoms with E-state index >= 15 is 0 Å². The average molecular weight is 242 g/mol. The topological polar surface area (TPSA) is 24.5 Å². The molecule has 0 aromatic rings. The Balaban J connectivity index is 2.06. The number of hydrogen-bond acceptors (Lipinski definition) is 3. The van der Waals surface area contributed by atoms with Crippen LogP contribution in [0.4, 0.5) is 0 Å². The first kappa shape index (κ1) is 14.9. The average Bonchev–Trinajstić information content (AvgIpc) is 2.76. The zero-order valence-electron chi connectivity index (χ0n) is 12.0. The van der Waals surface area contributed by atoms with E-state index in [1.54, 1.807) is 0 Å². The molecule has 0 aromatic carbocycles. The Morgan fingerprint density at radius 1 is 1.35 bits per heavy atom.